The molecule has 2 unspecified atom stereocenters. The van der Waals surface area contributed by atoms with Crippen molar-refractivity contribution in [1.29, 1.82) is 0 Å². The lowest BCUT2D eigenvalue weighted by atomic mass is 10.1. The van der Waals surface area contributed by atoms with Crippen molar-refractivity contribution in [2.45, 2.75) is 38.3 Å². The molecule has 0 spiro atoms. The molecule has 1 saturated heterocycles. The van der Waals surface area contributed by atoms with Gasteiger partial charge in [0.25, 0.3) is 5.91 Å². The number of carbonyl (C=O) groups excluding carboxylic acids is 1. The van der Waals surface area contributed by atoms with Crippen molar-refractivity contribution in [1.82, 2.24) is 19.9 Å². The number of rotatable bonds is 4. The van der Waals surface area contributed by atoms with Crippen molar-refractivity contribution in [2.24, 2.45) is 0 Å². The predicted octanol–water partition coefficient (Wildman–Crippen LogP) is 2.30. The number of nitrogens with zero attached hydrogens (tertiary/aromatic N) is 4. The van der Waals surface area contributed by atoms with Crippen LogP contribution in [-0.4, -0.2) is 49.6 Å². The van der Waals surface area contributed by atoms with Gasteiger partial charge in [-0.3, -0.25) is 4.79 Å². The van der Waals surface area contributed by atoms with Gasteiger partial charge in [-0.1, -0.05) is 17.7 Å². The van der Waals surface area contributed by atoms with Gasteiger partial charge in [-0.15, -0.1) is 5.10 Å². The van der Waals surface area contributed by atoms with Gasteiger partial charge in [0.1, 0.15) is 0 Å². The van der Waals surface area contributed by atoms with E-state index in [1.165, 1.54) is 11.0 Å². The molecule has 0 bridgehead atoms. The zero-order chi connectivity index (χ0) is 16.4. The minimum Gasteiger partial charge on any atom is -0.393 e. The number of aliphatic hydroxyl groups is 1. The fourth-order valence-corrected chi connectivity index (χ4v) is 3.16. The number of hydrogen-bond acceptors (Lipinski definition) is 4. The van der Waals surface area contributed by atoms with Gasteiger partial charge >= 0.3 is 0 Å². The van der Waals surface area contributed by atoms with Crippen LogP contribution in [0.2, 0.25) is 5.02 Å². The van der Waals surface area contributed by atoms with Gasteiger partial charge in [0, 0.05) is 17.6 Å². The molecule has 0 saturated carbocycles. The number of likely N-dealkylation sites (tertiary alicyclic amines) is 1. The minimum absolute atomic E-state index is 0.0684. The smallest absolute Gasteiger partial charge is 0.276 e. The average Bonchev–Trinajstić information content (AvgIpc) is 3.15. The Morgan fingerprint density at radius 2 is 2.35 bits per heavy atom. The van der Waals surface area contributed by atoms with Crippen molar-refractivity contribution in [3.05, 3.63) is 41.2 Å². The van der Waals surface area contributed by atoms with Crippen LogP contribution in [0, 0.1) is 0 Å². The third-order valence-corrected chi connectivity index (χ3v) is 4.24. The summed E-state index contributed by atoms with van der Waals surface area (Å²) in [4.78, 5) is 15.8. The van der Waals surface area contributed by atoms with Crippen molar-refractivity contribution in [3.63, 3.8) is 0 Å². The molecule has 1 aliphatic heterocycles. The normalized spacial score (nSPS) is 19.1. The van der Waals surface area contributed by atoms with E-state index in [0.717, 1.165) is 12.8 Å². The van der Waals surface area contributed by atoms with Gasteiger partial charge in [0.15, 0.2) is 5.69 Å². The highest BCUT2D eigenvalue weighted by molar-refractivity contribution is 6.30. The maximum atomic E-state index is 12.7. The molecule has 2 heterocycles. The first-order chi connectivity index (χ1) is 11.0. The van der Waals surface area contributed by atoms with Gasteiger partial charge in [-0.05, 0) is 44.4 Å². The molecule has 0 radical (unpaired) electrons. The average molecular weight is 335 g/mol. The molecule has 2 atom stereocenters. The van der Waals surface area contributed by atoms with E-state index in [4.69, 9.17) is 11.6 Å². The Morgan fingerprint density at radius 3 is 3.09 bits per heavy atom. The van der Waals surface area contributed by atoms with E-state index in [2.05, 4.69) is 10.2 Å². The van der Waals surface area contributed by atoms with Crippen LogP contribution in [-0.2, 0) is 0 Å². The fourth-order valence-electron chi connectivity index (χ4n) is 2.97. The van der Waals surface area contributed by atoms with Crippen molar-refractivity contribution in [3.8, 4) is 5.69 Å². The van der Waals surface area contributed by atoms with Crippen molar-refractivity contribution >= 4 is 17.5 Å². The van der Waals surface area contributed by atoms with Crippen LogP contribution in [0.3, 0.4) is 0 Å². The summed E-state index contributed by atoms with van der Waals surface area (Å²) < 4.78 is 0. The van der Waals surface area contributed by atoms with Gasteiger partial charge < -0.3 is 10.0 Å². The quantitative estimate of drug-likeness (QED) is 0.931. The zero-order valence-electron chi connectivity index (χ0n) is 12.9. The molecule has 7 heteroatoms. The van der Waals surface area contributed by atoms with E-state index in [1.807, 2.05) is 12.1 Å². The second-order valence-electron chi connectivity index (χ2n) is 5.88. The Bertz CT molecular complexity index is 701. The summed E-state index contributed by atoms with van der Waals surface area (Å²) in [6, 6.07) is 7.21. The van der Waals surface area contributed by atoms with Crippen LogP contribution in [0.25, 0.3) is 5.69 Å². The second kappa shape index (κ2) is 6.68. The van der Waals surface area contributed by atoms with Gasteiger partial charge in [-0.25, -0.2) is 0 Å². The summed E-state index contributed by atoms with van der Waals surface area (Å²) in [5.74, 6) is -0.138. The van der Waals surface area contributed by atoms with E-state index in [0.29, 0.717) is 29.4 Å². The Morgan fingerprint density at radius 1 is 1.52 bits per heavy atom. The number of aliphatic hydroxyl groups excluding tert-OH is 1. The molecule has 1 aromatic heterocycles. The van der Waals surface area contributed by atoms with Crippen LogP contribution >= 0.6 is 11.6 Å². The predicted molar refractivity (Wildman–Crippen MR) is 86.7 cm³/mol. The van der Waals surface area contributed by atoms with Crippen LogP contribution < -0.4 is 0 Å². The summed E-state index contributed by atoms with van der Waals surface area (Å²) >= 11 is 5.97. The van der Waals surface area contributed by atoms with Crippen molar-refractivity contribution < 1.29 is 9.90 Å². The molecule has 1 aromatic carbocycles. The molecular formula is C16H19ClN4O2. The van der Waals surface area contributed by atoms with Gasteiger partial charge in [0.05, 0.1) is 18.0 Å². The van der Waals surface area contributed by atoms with E-state index in [9.17, 15) is 9.90 Å². The number of hydrogen-bond donors (Lipinski definition) is 1. The maximum absolute atomic E-state index is 12.7. The summed E-state index contributed by atoms with van der Waals surface area (Å²) in [6.45, 7) is 2.44. The number of amides is 1. The summed E-state index contributed by atoms with van der Waals surface area (Å²) in [5.41, 5.74) is 1.01. The maximum Gasteiger partial charge on any atom is 0.276 e. The van der Waals surface area contributed by atoms with Crippen LogP contribution in [0.15, 0.2) is 30.5 Å². The third-order valence-electron chi connectivity index (χ3n) is 4.00. The van der Waals surface area contributed by atoms with Gasteiger partial charge in [0.2, 0.25) is 0 Å². The first-order valence-electron chi connectivity index (χ1n) is 7.72. The monoisotopic (exact) mass is 334 g/mol. The highest BCUT2D eigenvalue weighted by Crippen LogP contribution is 2.23. The first-order valence-corrected chi connectivity index (χ1v) is 8.09. The third kappa shape index (κ3) is 3.54. The van der Waals surface area contributed by atoms with Crippen LogP contribution in [0.5, 0.6) is 0 Å². The molecule has 1 fully saturated rings. The van der Waals surface area contributed by atoms with Crippen LogP contribution in [0.4, 0.5) is 0 Å². The number of halogens is 1. The highest BCUT2D eigenvalue weighted by atomic mass is 35.5. The molecule has 1 aliphatic rings. The Hall–Kier alpha value is -1.92. The topological polar surface area (TPSA) is 71.2 Å². The van der Waals surface area contributed by atoms with E-state index >= 15 is 0 Å². The summed E-state index contributed by atoms with van der Waals surface area (Å²) in [5, 5.41) is 18.6. The molecular weight excluding hydrogens is 316 g/mol. The summed E-state index contributed by atoms with van der Waals surface area (Å²) in [7, 11) is 0. The van der Waals surface area contributed by atoms with Gasteiger partial charge in [-0.2, -0.15) is 9.90 Å². The first kappa shape index (κ1) is 16.0. The Labute approximate surface area is 139 Å². The van der Waals surface area contributed by atoms with E-state index in [-0.39, 0.29) is 11.9 Å². The number of carbonyl (C=O) groups is 1. The molecule has 23 heavy (non-hydrogen) atoms. The minimum atomic E-state index is -0.421. The molecule has 3 rings (SSSR count). The Kier molecular flexibility index (Phi) is 4.63. The lowest BCUT2D eigenvalue weighted by Crippen LogP contribution is -2.37. The molecule has 1 N–H and O–H groups in total. The number of benzene rings is 1. The second-order valence-corrected chi connectivity index (χ2v) is 6.31. The standard InChI is InChI=1S/C16H19ClN4O2/c1-11(22)8-13-6-3-7-20(13)16(23)15-10-18-21(19-15)14-5-2-4-12(17)9-14/h2,4-5,9-11,13,22H,3,6-8H2,1H3. The molecule has 2 aromatic rings. The number of aromatic nitrogens is 3. The Balaban J connectivity index is 1.78. The van der Waals surface area contributed by atoms with E-state index < -0.39 is 6.10 Å². The van der Waals surface area contributed by atoms with Crippen molar-refractivity contribution in [2.75, 3.05) is 6.54 Å². The molecule has 6 nitrogen and oxygen atoms in total. The van der Waals surface area contributed by atoms with Crippen LogP contribution in [0.1, 0.15) is 36.7 Å². The molecule has 0 aliphatic carbocycles. The fraction of sp³-hybridized carbons (Fsp3) is 0.438. The SMILES string of the molecule is CC(O)CC1CCCN1C(=O)c1cnn(-c2cccc(Cl)c2)n1. The molecule has 1 amide bonds. The summed E-state index contributed by atoms with van der Waals surface area (Å²) in [6.07, 6.45) is 3.51. The van der Waals surface area contributed by atoms with E-state index in [1.54, 1.807) is 24.0 Å². The highest BCUT2D eigenvalue weighted by Gasteiger charge is 2.31. The lowest BCUT2D eigenvalue weighted by molar-refractivity contribution is 0.0676. The largest absolute Gasteiger partial charge is 0.393 e. The zero-order valence-corrected chi connectivity index (χ0v) is 13.6. The molecule has 122 valence electrons. The lowest BCUT2D eigenvalue weighted by Gasteiger charge is -2.24.